The van der Waals surface area contributed by atoms with Gasteiger partial charge in [0, 0.05) is 5.25 Å². The average Bonchev–Trinajstić information content (AvgIpc) is 3.11. The molecular formula is C14H24O2S. The maximum Gasteiger partial charge on any atom is 0.306 e. The zero-order chi connectivity index (χ0) is 12.1. The van der Waals surface area contributed by atoms with Gasteiger partial charge in [0.1, 0.15) is 0 Å². The highest BCUT2D eigenvalue weighted by atomic mass is 32.2. The zero-order valence-electron chi connectivity index (χ0n) is 10.9. The second kappa shape index (κ2) is 6.12. The fourth-order valence-corrected chi connectivity index (χ4v) is 4.28. The Balaban J connectivity index is 1.71. The van der Waals surface area contributed by atoms with Gasteiger partial charge in [-0.05, 0) is 36.9 Å². The minimum Gasteiger partial charge on any atom is -0.469 e. The molecule has 0 spiro atoms. The summed E-state index contributed by atoms with van der Waals surface area (Å²) in [7, 11) is 1.50. The van der Waals surface area contributed by atoms with Crippen LogP contribution in [-0.4, -0.2) is 24.1 Å². The molecule has 0 amide bonds. The minimum absolute atomic E-state index is 0.0241. The van der Waals surface area contributed by atoms with Crippen molar-refractivity contribution in [2.24, 2.45) is 5.41 Å². The quantitative estimate of drug-likeness (QED) is 0.553. The predicted octanol–water partition coefficient (Wildman–Crippen LogP) is 3.79. The monoisotopic (exact) mass is 256 g/mol. The summed E-state index contributed by atoms with van der Waals surface area (Å²) in [5.74, 6) is 1.15. The van der Waals surface area contributed by atoms with E-state index in [1.165, 1.54) is 64.2 Å². The fourth-order valence-electron chi connectivity index (χ4n) is 2.63. The van der Waals surface area contributed by atoms with E-state index in [4.69, 9.17) is 4.74 Å². The summed E-state index contributed by atoms with van der Waals surface area (Å²) in [6, 6.07) is 0. The van der Waals surface area contributed by atoms with E-state index in [0.29, 0.717) is 11.8 Å². The van der Waals surface area contributed by atoms with Gasteiger partial charge in [-0.1, -0.05) is 25.7 Å². The molecule has 0 saturated heterocycles. The first kappa shape index (κ1) is 13.3. The van der Waals surface area contributed by atoms with Gasteiger partial charge >= 0.3 is 5.97 Å². The molecular weight excluding hydrogens is 232 g/mol. The van der Waals surface area contributed by atoms with Crippen LogP contribution in [0.5, 0.6) is 0 Å². The first-order valence-corrected chi connectivity index (χ1v) is 7.97. The van der Waals surface area contributed by atoms with Crippen molar-refractivity contribution in [2.45, 2.75) is 63.0 Å². The lowest BCUT2D eigenvalue weighted by atomic mass is 10.1. The summed E-state index contributed by atoms with van der Waals surface area (Å²) in [4.78, 5) is 11.3. The number of carbonyl (C=O) groups is 1. The van der Waals surface area contributed by atoms with E-state index in [-0.39, 0.29) is 5.97 Å². The van der Waals surface area contributed by atoms with Crippen LogP contribution in [0.2, 0.25) is 0 Å². The van der Waals surface area contributed by atoms with Gasteiger partial charge in [-0.3, -0.25) is 4.79 Å². The second-order valence-electron chi connectivity index (χ2n) is 5.68. The van der Waals surface area contributed by atoms with E-state index >= 15 is 0 Å². The summed E-state index contributed by atoms with van der Waals surface area (Å²) in [5, 5.41) is 0.854. The van der Waals surface area contributed by atoms with Crippen molar-refractivity contribution >= 4 is 17.7 Å². The Morgan fingerprint density at radius 3 is 2.41 bits per heavy atom. The summed E-state index contributed by atoms with van der Waals surface area (Å²) < 4.78 is 4.79. The molecule has 2 fully saturated rings. The molecule has 0 aromatic rings. The van der Waals surface area contributed by atoms with Crippen molar-refractivity contribution in [1.82, 2.24) is 0 Å². The lowest BCUT2D eigenvalue weighted by Crippen LogP contribution is -2.15. The van der Waals surface area contributed by atoms with Crippen molar-refractivity contribution < 1.29 is 9.53 Å². The van der Waals surface area contributed by atoms with Crippen molar-refractivity contribution in [1.29, 1.82) is 0 Å². The van der Waals surface area contributed by atoms with Gasteiger partial charge in [0.15, 0.2) is 0 Å². The summed E-state index contributed by atoms with van der Waals surface area (Å²) in [5.41, 5.74) is 0.310. The zero-order valence-corrected chi connectivity index (χ0v) is 11.7. The Kier molecular flexibility index (Phi) is 4.78. The SMILES string of the molecule is COC(=O)CC1(CSC2CCCCCC2)CC1. The number of hydrogen-bond acceptors (Lipinski definition) is 3. The minimum atomic E-state index is -0.0241. The number of carbonyl (C=O) groups excluding carboxylic acids is 1. The van der Waals surface area contributed by atoms with Crippen molar-refractivity contribution in [2.75, 3.05) is 12.9 Å². The van der Waals surface area contributed by atoms with E-state index in [9.17, 15) is 4.79 Å². The lowest BCUT2D eigenvalue weighted by molar-refractivity contribution is -0.141. The molecule has 2 rings (SSSR count). The van der Waals surface area contributed by atoms with Gasteiger partial charge in [0.2, 0.25) is 0 Å². The molecule has 2 aliphatic rings. The Labute approximate surface area is 109 Å². The molecule has 0 aromatic heterocycles. The van der Waals surface area contributed by atoms with Crippen molar-refractivity contribution in [3.05, 3.63) is 0 Å². The predicted molar refractivity (Wildman–Crippen MR) is 72.2 cm³/mol. The fraction of sp³-hybridized carbons (Fsp3) is 0.929. The van der Waals surface area contributed by atoms with Gasteiger partial charge in [-0.2, -0.15) is 11.8 Å². The van der Waals surface area contributed by atoms with Crippen molar-refractivity contribution in [3.8, 4) is 0 Å². The van der Waals surface area contributed by atoms with Gasteiger partial charge in [0.25, 0.3) is 0 Å². The van der Waals surface area contributed by atoms with Crippen LogP contribution >= 0.6 is 11.8 Å². The van der Waals surface area contributed by atoms with E-state index < -0.39 is 0 Å². The molecule has 2 saturated carbocycles. The van der Waals surface area contributed by atoms with Crippen LogP contribution < -0.4 is 0 Å². The molecule has 0 atom stereocenters. The number of ether oxygens (including phenoxy) is 1. The molecule has 0 heterocycles. The number of esters is 1. The van der Waals surface area contributed by atoms with Gasteiger partial charge in [0.05, 0.1) is 13.5 Å². The number of methoxy groups -OCH3 is 1. The summed E-state index contributed by atoms with van der Waals surface area (Å²) >= 11 is 2.12. The molecule has 98 valence electrons. The highest BCUT2D eigenvalue weighted by molar-refractivity contribution is 7.99. The van der Waals surface area contributed by atoms with Crippen LogP contribution in [0.3, 0.4) is 0 Å². The largest absolute Gasteiger partial charge is 0.469 e. The van der Waals surface area contributed by atoms with Crippen LogP contribution in [0, 0.1) is 5.41 Å². The number of hydrogen-bond donors (Lipinski definition) is 0. The summed E-state index contributed by atoms with van der Waals surface area (Å²) in [6.07, 6.45) is 11.5. The maximum absolute atomic E-state index is 11.3. The highest BCUT2D eigenvalue weighted by Crippen LogP contribution is 2.52. The molecule has 3 heteroatoms. The van der Waals surface area contributed by atoms with E-state index in [1.54, 1.807) is 0 Å². The van der Waals surface area contributed by atoms with Crippen LogP contribution in [0.4, 0.5) is 0 Å². The van der Waals surface area contributed by atoms with Gasteiger partial charge < -0.3 is 4.74 Å². The standard InChI is InChI=1S/C14H24O2S/c1-16-13(15)10-14(8-9-14)11-17-12-6-4-2-3-5-7-12/h12H,2-11H2,1H3. The van der Waals surface area contributed by atoms with E-state index in [1.807, 2.05) is 0 Å². The first-order chi connectivity index (χ1) is 8.24. The molecule has 0 bridgehead atoms. The number of thioether (sulfide) groups is 1. The number of rotatable bonds is 5. The Morgan fingerprint density at radius 1 is 1.24 bits per heavy atom. The van der Waals surface area contributed by atoms with Gasteiger partial charge in [-0.15, -0.1) is 0 Å². The Bertz CT molecular complexity index is 253. The molecule has 2 nitrogen and oxygen atoms in total. The summed E-state index contributed by atoms with van der Waals surface area (Å²) in [6.45, 7) is 0. The molecule has 0 N–H and O–H groups in total. The normalized spacial score (nSPS) is 24.1. The van der Waals surface area contributed by atoms with E-state index in [0.717, 1.165) is 5.25 Å². The van der Waals surface area contributed by atoms with Crippen molar-refractivity contribution in [3.63, 3.8) is 0 Å². The van der Waals surface area contributed by atoms with Gasteiger partial charge in [-0.25, -0.2) is 0 Å². The smallest absolute Gasteiger partial charge is 0.306 e. The van der Waals surface area contributed by atoms with Crippen LogP contribution in [-0.2, 0) is 9.53 Å². The molecule has 17 heavy (non-hydrogen) atoms. The molecule has 0 aromatic carbocycles. The second-order valence-corrected chi connectivity index (χ2v) is 6.97. The molecule has 0 unspecified atom stereocenters. The highest BCUT2D eigenvalue weighted by Gasteiger charge is 2.44. The Morgan fingerprint density at radius 2 is 1.88 bits per heavy atom. The molecule has 0 radical (unpaired) electrons. The average molecular weight is 256 g/mol. The van der Waals surface area contributed by atoms with E-state index in [2.05, 4.69) is 11.8 Å². The van der Waals surface area contributed by atoms with Crippen LogP contribution in [0.15, 0.2) is 0 Å². The first-order valence-electron chi connectivity index (χ1n) is 6.93. The third-order valence-corrected chi connectivity index (χ3v) is 5.85. The third-order valence-electron chi connectivity index (χ3n) is 4.13. The maximum atomic E-state index is 11.3. The van der Waals surface area contributed by atoms with Crippen LogP contribution in [0.1, 0.15) is 57.8 Å². The topological polar surface area (TPSA) is 26.3 Å². The molecule has 2 aliphatic carbocycles. The van der Waals surface area contributed by atoms with Crippen LogP contribution in [0.25, 0.3) is 0 Å². The lowest BCUT2D eigenvalue weighted by Gasteiger charge is -2.18. The third kappa shape index (κ3) is 4.20. The Hall–Kier alpha value is -0.180. The molecule has 0 aliphatic heterocycles.